The van der Waals surface area contributed by atoms with Crippen LogP contribution in [0.1, 0.15) is 51.9 Å². The van der Waals surface area contributed by atoms with Crippen molar-refractivity contribution in [2.24, 2.45) is 11.3 Å². The van der Waals surface area contributed by atoms with Gasteiger partial charge in [-0.05, 0) is 35.4 Å². The first kappa shape index (κ1) is 18.3. The zero-order valence-corrected chi connectivity index (χ0v) is 15.3. The highest BCUT2D eigenvalue weighted by molar-refractivity contribution is 5.76. The molecule has 0 aliphatic rings. The van der Waals surface area contributed by atoms with Crippen LogP contribution in [0.5, 0.6) is 0 Å². The van der Waals surface area contributed by atoms with Crippen LogP contribution in [-0.4, -0.2) is 10.8 Å². The lowest BCUT2D eigenvalue weighted by Crippen LogP contribution is -2.31. The molecule has 130 valence electrons. The van der Waals surface area contributed by atoms with Crippen LogP contribution in [0.25, 0.3) is 0 Å². The van der Waals surface area contributed by atoms with Crippen molar-refractivity contribution in [1.82, 2.24) is 4.90 Å². The fourth-order valence-corrected chi connectivity index (χ4v) is 3.17. The van der Waals surface area contributed by atoms with E-state index in [2.05, 4.69) is 39.8 Å². The molecule has 0 fully saturated rings. The number of amides is 1. The minimum atomic E-state index is 0.187. The van der Waals surface area contributed by atoms with Crippen molar-refractivity contribution in [2.45, 2.75) is 53.6 Å². The van der Waals surface area contributed by atoms with Gasteiger partial charge in [0.2, 0.25) is 5.91 Å². The highest BCUT2D eigenvalue weighted by atomic mass is 16.3. The van der Waals surface area contributed by atoms with Gasteiger partial charge in [0.25, 0.3) is 0 Å². The van der Waals surface area contributed by atoms with E-state index >= 15 is 0 Å². The van der Waals surface area contributed by atoms with Crippen molar-refractivity contribution in [3.63, 3.8) is 0 Å². The van der Waals surface area contributed by atoms with Crippen LogP contribution in [0, 0.1) is 11.3 Å². The maximum absolute atomic E-state index is 12.9. The normalized spacial score (nSPS) is 12.8. The van der Waals surface area contributed by atoms with Gasteiger partial charge in [0.15, 0.2) is 0 Å². The van der Waals surface area contributed by atoms with Gasteiger partial charge in [0.05, 0.1) is 12.8 Å². The molecule has 1 amide bonds. The van der Waals surface area contributed by atoms with E-state index in [1.54, 1.807) is 6.26 Å². The standard InChI is InChI=1S/C21H29NO2/c1-17(14-21(2,3)4)13-20(23)22(16-19-11-8-12-24-19)15-18-9-6-5-7-10-18/h5-12,17H,13-16H2,1-4H3. The van der Waals surface area contributed by atoms with E-state index in [1.165, 1.54) is 0 Å². The van der Waals surface area contributed by atoms with E-state index in [-0.39, 0.29) is 11.3 Å². The topological polar surface area (TPSA) is 33.5 Å². The van der Waals surface area contributed by atoms with E-state index in [9.17, 15) is 4.79 Å². The Morgan fingerprint density at radius 2 is 1.79 bits per heavy atom. The zero-order chi connectivity index (χ0) is 17.6. The number of hydrogen-bond donors (Lipinski definition) is 0. The summed E-state index contributed by atoms with van der Waals surface area (Å²) in [5.74, 6) is 1.38. The molecule has 0 saturated carbocycles. The number of hydrogen-bond acceptors (Lipinski definition) is 2. The van der Waals surface area contributed by atoms with Crippen molar-refractivity contribution in [2.75, 3.05) is 0 Å². The molecule has 2 aromatic rings. The summed E-state index contributed by atoms with van der Waals surface area (Å²) in [6.45, 7) is 9.96. The third-order valence-corrected chi connectivity index (χ3v) is 3.98. The number of furan rings is 1. The molecule has 24 heavy (non-hydrogen) atoms. The number of nitrogens with zero attached hydrogens (tertiary/aromatic N) is 1. The Morgan fingerprint density at radius 3 is 2.38 bits per heavy atom. The average Bonchev–Trinajstić information content (AvgIpc) is 2.98. The Hall–Kier alpha value is -2.03. The van der Waals surface area contributed by atoms with Crippen LogP contribution in [-0.2, 0) is 17.9 Å². The summed E-state index contributed by atoms with van der Waals surface area (Å²) in [4.78, 5) is 14.8. The van der Waals surface area contributed by atoms with Crippen LogP contribution in [0.3, 0.4) is 0 Å². The van der Waals surface area contributed by atoms with Gasteiger partial charge in [-0.15, -0.1) is 0 Å². The van der Waals surface area contributed by atoms with Gasteiger partial charge in [-0.25, -0.2) is 0 Å². The lowest BCUT2D eigenvalue weighted by atomic mass is 9.84. The first-order chi connectivity index (χ1) is 11.3. The van der Waals surface area contributed by atoms with Crippen molar-refractivity contribution in [1.29, 1.82) is 0 Å². The maximum Gasteiger partial charge on any atom is 0.223 e. The van der Waals surface area contributed by atoms with Gasteiger partial charge >= 0.3 is 0 Å². The van der Waals surface area contributed by atoms with Crippen LogP contribution < -0.4 is 0 Å². The summed E-state index contributed by atoms with van der Waals surface area (Å²) in [5, 5.41) is 0. The molecule has 0 spiro atoms. The molecule has 1 unspecified atom stereocenters. The van der Waals surface area contributed by atoms with E-state index in [0.29, 0.717) is 25.4 Å². The average molecular weight is 327 g/mol. The van der Waals surface area contributed by atoms with Crippen LogP contribution in [0.2, 0.25) is 0 Å². The number of carbonyl (C=O) groups excluding carboxylic acids is 1. The molecule has 0 aliphatic heterocycles. The monoisotopic (exact) mass is 327 g/mol. The largest absolute Gasteiger partial charge is 0.467 e. The second-order valence-electron chi connectivity index (χ2n) is 7.89. The molecule has 1 atom stereocenters. The third-order valence-electron chi connectivity index (χ3n) is 3.98. The number of rotatable bonds is 7. The quantitative estimate of drug-likeness (QED) is 0.694. The van der Waals surface area contributed by atoms with E-state index in [4.69, 9.17) is 4.42 Å². The van der Waals surface area contributed by atoms with Crippen molar-refractivity contribution >= 4 is 5.91 Å². The fraction of sp³-hybridized carbons (Fsp3) is 0.476. The van der Waals surface area contributed by atoms with Crippen molar-refractivity contribution in [3.8, 4) is 0 Å². The molecule has 3 heteroatoms. The van der Waals surface area contributed by atoms with E-state index in [1.807, 2.05) is 35.2 Å². The number of carbonyl (C=O) groups is 1. The molecule has 0 aliphatic carbocycles. The molecule has 1 aromatic carbocycles. The molecule has 0 N–H and O–H groups in total. The summed E-state index contributed by atoms with van der Waals surface area (Å²) in [6, 6.07) is 13.9. The maximum atomic E-state index is 12.9. The zero-order valence-electron chi connectivity index (χ0n) is 15.3. The van der Waals surface area contributed by atoms with E-state index < -0.39 is 0 Å². The van der Waals surface area contributed by atoms with Crippen LogP contribution >= 0.6 is 0 Å². The summed E-state index contributed by atoms with van der Waals surface area (Å²) in [5.41, 5.74) is 1.38. The Balaban J connectivity index is 2.05. The van der Waals surface area contributed by atoms with Gasteiger partial charge in [-0.2, -0.15) is 0 Å². The summed E-state index contributed by atoms with van der Waals surface area (Å²) >= 11 is 0. The van der Waals surface area contributed by atoms with Crippen LogP contribution in [0.15, 0.2) is 53.1 Å². The molecular formula is C21H29NO2. The van der Waals surface area contributed by atoms with Gasteiger partial charge < -0.3 is 9.32 Å². The van der Waals surface area contributed by atoms with Gasteiger partial charge in [-0.3, -0.25) is 4.79 Å². The molecule has 1 aromatic heterocycles. The van der Waals surface area contributed by atoms with Gasteiger partial charge in [0, 0.05) is 13.0 Å². The Bertz CT molecular complexity index is 611. The molecule has 3 nitrogen and oxygen atoms in total. The van der Waals surface area contributed by atoms with Crippen LogP contribution in [0.4, 0.5) is 0 Å². The van der Waals surface area contributed by atoms with Gasteiger partial charge in [-0.1, -0.05) is 58.0 Å². The van der Waals surface area contributed by atoms with E-state index in [0.717, 1.165) is 17.7 Å². The Labute approximate surface area is 145 Å². The Kier molecular flexibility index (Phi) is 6.24. The predicted molar refractivity (Wildman–Crippen MR) is 97.3 cm³/mol. The number of benzene rings is 1. The minimum Gasteiger partial charge on any atom is -0.467 e. The van der Waals surface area contributed by atoms with Crippen molar-refractivity contribution < 1.29 is 9.21 Å². The minimum absolute atomic E-state index is 0.187. The predicted octanol–water partition coefficient (Wildman–Crippen LogP) is 5.27. The fourth-order valence-electron chi connectivity index (χ4n) is 3.17. The first-order valence-corrected chi connectivity index (χ1v) is 8.67. The first-order valence-electron chi connectivity index (χ1n) is 8.67. The molecule has 0 bridgehead atoms. The molecule has 2 rings (SSSR count). The highest BCUT2D eigenvalue weighted by Gasteiger charge is 2.22. The highest BCUT2D eigenvalue weighted by Crippen LogP contribution is 2.26. The molecular weight excluding hydrogens is 298 g/mol. The lowest BCUT2D eigenvalue weighted by molar-refractivity contribution is -0.133. The SMILES string of the molecule is CC(CC(=O)N(Cc1ccccc1)Cc1ccco1)CC(C)(C)C. The molecule has 0 radical (unpaired) electrons. The molecule has 1 heterocycles. The smallest absolute Gasteiger partial charge is 0.223 e. The Morgan fingerprint density at radius 1 is 1.08 bits per heavy atom. The third kappa shape index (κ3) is 6.23. The summed E-state index contributed by atoms with van der Waals surface area (Å²) in [7, 11) is 0. The summed E-state index contributed by atoms with van der Waals surface area (Å²) in [6.07, 6.45) is 3.27. The second-order valence-corrected chi connectivity index (χ2v) is 7.89. The summed E-state index contributed by atoms with van der Waals surface area (Å²) < 4.78 is 5.44. The molecule has 0 saturated heterocycles. The van der Waals surface area contributed by atoms with Crippen molar-refractivity contribution in [3.05, 3.63) is 60.1 Å². The second kappa shape index (κ2) is 8.18. The lowest BCUT2D eigenvalue weighted by Gasteiger charge is -2.26. The van der Waals surface area contributed by atoms with Gasteiger partial charge in [0.1, 0.15) is 5.76 Å².